The predicted molar refractivity (Wildman–Crippen MR) is 142 cm³/mol. The van der Waals surface area contributed by atoms with Gasteiger partial charge in [0, 0.05) is 12.6 Å². The number of phenols is 1. The Labute approximate surface area is 214 Å². The molecule has 0 aliphatic rings. The summed E-state index contributed by atoms with van der Waals surface area (Å²) >= 11 is 1.56. The van der Waals surface area contributed by atoms with Crippen molar-refractivity contribution in [2.24, 2.45) is 0 Å². The first-order chi connectivity index (χ1) is 16.4. The molecule has 0 aliphatic heterocycles. The van der Waals surface area contributed by atoms with Gasteiger partial charge in [-0.2, -0.15) is 11.8 Å². The number of phenolic OH excluding ortho intramolecular Hbond substituents is 1. The number of hydrogen-bond donors (Lipinski definition) is 3. The zero-order valence-electron chi connectivity index (χ0n) is 22.2. The van der Waals surface area contributed by atoms with Crippen LogP contribution in [0.5, 0.6) is 5.75 Å². The highest BCUT2D eigenvalue weighted by Crippen LogP contribution is 2.26. The van der Waals surface area contributed by atoms with Crippen LogP contribution >= 0.6 is 11.8 Å². The summed E-state index contributed by atoms with van der Waals surface area (Å²) in [6.07, 6.45) is 3.96. The molecule has 3 amide bonds. The highest BCUT2D eigenvalue weighted by atomic mass is 32.2. The number of carbonyl (C=O) groups excluding carboxylic acids is 3. The van der Waals surface area contributed by atoms with Crippen LogP contribution in [0.4, 0.5) is 4.79 Å². The molecule has 1 aromatic rings. The van der Waals surface area contributed by atoms with Gasteiger partial charge in [0.25, 0.3) is 0 Å². The molecule has 3 unspecified atom stereocenters. The summed E-state index contributed by atoms with van der Waals surface area (Å²) in [7, 11) is 0. The molecule has 0 radical (unpaired) electrons. The molecule has 0 aromatic heterocycles. The summed E-state index contributed by atoms with van der Waals surface area (Å²) in [4.78, 5) is 41.4. The lowest BCUT2D eigenvalue weighted by Crippen LogP contribution is -2.54. The molecule has 0 saturated carbocycles. The van der Waals surface area contributed by atoms with Gasteiger partial charge in [0.1, 0.15) is 23.4 Å². The van der Waals surface area contributed by atoms with Crippen molar-refractivity contribution in [2.75, 3.05) is 18.6 Å². The van der Waals surface area contributed by atoms with Crippen LogP contribution in [0.2, 0.25) is 0 Å². The number of alkyl carbamates (subject to hydrolysis) is 1. The second-order valence-electron chi connectivity index (χ2n) is 9.71. The van der Waals surface area contributed by atoms with Gasteiger partial charge in [-0.15, -0.1) is 0 Å². The van der Waals surface area contributed by atoms with E-state index in [9.17, 15) is 19.5 Å². The van der Waals surface area contributed by atoms with Gasteiger partial charge in [-0.3, -0.25) is 9.59 Å². The van der Waals surface area contributed by atoms with Gasteiger partial charge >= 0.3 is 6.09 Å². The molecule has 3 atom stereocenters. The number of nitrogens with one attached hydrogen (secondary N) is 2. The van der Waals surface area contributed by atoms with Gasteiger partial charge < -0.3 is 25.4 Å². The van der Waals surface area contributed by atoms with E-state index in [2.05, 4.69) is 10.6 Å². The molecule has 8 nitrogen and oxygen atoms in total. The average molecular weight is 510 g/mol. The topological polar surface area (TPSA) is 108 Å². The first-order valence-corrected chi connectivity index (χ1v) is 13.7. The number of aromatic hydroxyl groups is 1. The third-order valence-electron chi connectivity index (χ3n) is 5.20. The molecule has 0 fully saturated rings. The maximum absolute atomic E-state index is 13.9. The molecule has 0 bridgehead atoms. The standard InChI is InChI=1S/C26H43N3O5S/c1-8-11-18(3)27-23(31)22(19-12-10-13-20(30)17-19)29(15-9-2)24(32)21(14-16-35-7)28-25(33)34-26(4,5)6/h10,12-13,17-18,21-22,30H,8-9,11,14-16H2,1-7H3,(H,27,31)(H,28,33). The van der Waals surface area contributed by atoms with E-state index >= 15 is 0 Å². The molecule has 0 spiro atoms. The molecular formula is C26H43N3O5S. The Morgan fingerprint density at radius 3 is 2.34 bits per heavy atom. The van der Waals surface area contributed by atoms with Crippen LogP contribution in [0.1, 0.15) is 78.8 Å². The molecule has 35 heavy (non-hydrogen) atoms. The van der Waals surface area contributed by atoms with Crippen LogP contribution in [-0.4, -0.2) is 64.2 Å². The summed E-state index contributed by atoms with van der Waals surface area (Å²) < 4.78 is 5.39. The van der Waals surface area contributed by atoms with Gasteiger partial charge in [-0.1, -0.05) is 32.4 Å². The number of rotatable bonds is 13. The number of thioether (sulfide) groups is 1. The Bertz CT molecular complexity index is 827. The van der Waals surface area contributed by atoms with Crippen LogP contribution in [0, 0.1) is 0 Å². The first-order valence-electron chi connectivity index (χ1n) is 12.3. The average Bonchev–Trinajstić information content (AvgIpc) is 2.74. The Kier molecular flexibility index (Phi) is 13.0. The van der Waals surface area contributed by atoms with E-state index in [1.54, 1.807) is 44.7 Å². The van der Waals surface area contributed by atoms with Crippen LogP contribution in [0.25, 0.3) is 0 Å². The van der Waals surface area contributed by atoms with Crippen molar-refractivity contribution in [1.82, 2.24) is 15.5 Å². The maximum atomic E-state index is 13.9. The van der Waals surface area contributed by atoms with E-state index in [4.69, 9.17) is 4.74 Å². The van der Waals surface area contributed by atoms with Crippen molar-refractivity contribution in [3.05, 3.63) is 29.8 Å². The number of amides is 3. The quantitative estimate of drug-likeness (QED) is 0.358. The Morgan fingerprint density at radius 1 is 1.11 bits per heavy atom. The number of hydrogen-bond acceptors (Lipinski definition) is 6. The van der Waals surface area contributed by atoms with Crippen molar-refractivity contribution in [3.8, 4) is 5.75 Å². The summed E-state index contributed by atoms with van der Waals surface area (Å²) in [5, 5.41) is 15.8. The van der Waals surface area contributed by atoms with Crippen LogP contribution < -0.4 is 10.6 Å². The lowest BCUT2D eigenvalue weighted by Gasteiger charge is -2.35. The van der Waals surface area contributed by atoms with Crippen LogP contribution in [0.3, 0.4) is 0 Å². The van der Waals surface area contributed by atoms with E-state index in [0.29, 0.717) is 30.7 Å². The van der Waals surface area contributed by atoms with E-state index in [1.165, 1.54) is 17.0 Å². The fourth-order valence-electron chi connectivity index (χ4n) is 3.75. The second kappa shape index (κ2) is 14.9. The van der Waals surface area contributed by atoms with Crippen LogP contribution in [-0.2, 0) is 14.3 Å². The van der Waals surface area contributed by atoms with Crippen molar-refractivity contribution in [1.29, 1.82) is 0 Å². The van der Waals surface area contributed by atoms with Gasteiger partial charge in [0.15, 0.2) is 0 Å². The van der Waals surface area contributed by atoms with Gasteiger partial charge in [-0.05, 0) is 76.7 Å². The summed E-state index contributed by atoms with van der Waals surface area (Å²) in [5.74, 6) is -0.0304. The molecule has 198 valence electrons. The minimum atomic E-state index is -0.953. The Hall–Kier alpha value is -2.42. The normalized spacial score (nSPS) is 13.9. The predicted octanol–water partition coefficient (Wildman–Crippen LogP) is 4.62. The lowest BCUT2D eigenvalue weighted by molar-refractivity contribution is -0.142. The maximum Gasteiger partial charge on any atom is 0.408 e. The monoisotopic (exact) mass is 509 g/mol. The minimum absolute atomic E-state index is 0.0108. The first kappa shape index (κ1) is 30.6. The zero-order valence-corrected chi connectivity index (χ0v) is 23.0. The van der Waals surface area contributed by atoms with E-state index in [0.717, 1.165) is 12.8 Å². The number of carbonyl (C=O) groups is 3. The molecule has 0 saturated heterocycles. The Morgan fingerprint density at radius 2 is 1.80 bits per heavy atom. The largest absolute Gasteiger partial charge is 0.508 e. The molecular weight excluding hydrogens is 466 g/mol. The van der Waals surface area contributed by atoms with Crippen LogP contribution in [0.15, 0.2) is 24.3 Å². The van der Waals surface area contributed by atoms with E-state index in [-0.39, 0.29) is 23.6 Å². The van der Waals surface area contributed by atoms with Crippen molar-refractivity contribution in [3.63, 3.8) is 0 Å². The zero-order chi connectivity index (χ0) is 26.6. The number of ether oxygens (including phenoxy) is 1. The second-order valence-corrected chi connectivity index (χ2v) is 10.7. The lowest BCUT2D eigenvalue weighted by atomic mass is 10.0. The number of benzene rings is 1. The SMILES string of the molecule is CCCC(C)NC(=O)C(c1cccc(O)c1)N(CCC)C(=O)C(CCSC)NC(=O)OC(C)(C)C. The molecule has 0 aliphatic carbocycles. The summed E-state index contributed by atoms with van der Waals surface area (Å²) in [6.45, 7) is 11.5. The smallest absolute Gasteiger partial charge is 0.408 e. The molecule has 1 aromatic carbocycles. The third kappa shape index (κ3) is 10.8. The van der Waals surface area contributed by atoms with Crippen molar-refractivity contribution >= 4 is 29.7 Å². The highest BCUT2D eigenvalue weighted by Gasteiger charge is 2.36. The molecule has 3 N–H and O–H groups in total. The van der Waals surface area contributed by atoms with Gasteiger partial charge in [0.2, 0.25) is 11.8 Å². The van der Waals surface area contributed by atoms with E-state index < -0.39 is 23.8 Å². The van der Waals surface area contributed by atoms with Crippen molar-refractivity contribution in [2.45, 2.75) is 91.0 Å². The fourth-order valence-corrected chi connectivity index (χ4v) is 4.22. The fraction of sp³-hybridized carbons (Fsp3) is 0.654. The van der Waals surface area contributed by atoms with E-state index in [1.807, 2.05) is 27.0 Å². The molecule has 9 heteroatoms. The summed E-state index contributed by atoms with van der Waals surface area (Å²) in [5.41, 5.74) is -0.200. The third-order valence-corrected chi connectivity index (χ3v) is 5.85. The minimum Gasteiger partial charge on any atom is -0.508 e. The van der Waals surface area contributed by atoms with Crippen molar-refractivity contribution < 1.29 is 24.2 Å². The van der Waals surface area contributed by atoms with Gasteiger partial charge in [-0.25, -0.2) is 4.79 Å². The molecule has 0 heterocycles. The summed E-state index contributed by atoms with van der Waals surface area (Å²) in [6, 6.07) is 4.52. The van der Waals surface area contributed by atoms with Gasteiger partial charge in [0.05, 0.1) is 0 Å². The highest BCUT2D eigenvalue weighted by molar-refractivity contribution is 7.98. The molecule has 1 rings (SSSR count). The Balaban J connectivity index is 3.39. The number of nitrogens with zero attached hydrogens (tertiary/aromatic N) is 1.